The summed E-state index contributed by atoms with van der Waals surface area (Å²) in [5.74, 6) is 1.04. The van der Waals surface area contributed by atoms with Crippen LogP contribution in [0.3, 0.4) is 0 Å². The number of nitrogens with zero attached hydrogens (tertiary/aromatic N) is 4. The first kappa shape index (κ1) is 21.1. The molecule has 4 aromatic rings. The van der Waals surface area contributed by atoms with E-state index in [4.69, 9.17) is 9.72 Å². The first-order chi connectivity index (χ1) is 15.4. The number of anilines is 1. The van der Waals surface area contributed by atoms with Gasteiger partial charge in [0.15, 0.2) is 18.2 Å². The number of pyridine rings is 1. The summed E-state index contributed by atoms with van der Waals surface area (Å²) in [5, 5.41) is 17.6. The highest BCUT2D eigenvalue weighted by atomic mass is 16.5. The molecule has 4 rings (SSSR count). The zero-order valence-electron chi connectivity index (χ0n) is 18.4. The fraction of sp³-hybridized carbons (Fsp3) is 0.200. The van der Waals surface area contributed by atoms with Gasteiger partial charge in [-0.3, -0.25) is 4.79 Å². The van der Waals surface area contributed by atoms with E-state index in [9.17, 15) is 10.1 Å². The van der Waals surface area contributed by atoms with Crippen molar-refractivity contribution in [2.24, 2.45) is 0 Å². The number of aromatic nitrogens is 3. The third kappa shape index (κ3) is 4.03. The number of hydrogen-bond acceptors (Lipinski definition) is 5. The van der Waals surface area contributed by atoms with Crippen molar-refractivity contribution in [1.29, 1.82) is 5.26 Å². The van der Waals surface area contributed by atoms with E-state index in [1.807, 2.05) is 70.2 Å². The Kier molecular flexibility index (Phi) is 5.61. The minimum absolute atomic E-state index is 0.191. The van der Waals surface area contributed by atoms with E-state index in [0.717, 1.165) is 33.2 Å². The molecule has 0 aliphatic heterocycles. The minimum atomic E-state index is -0.392. The van der Waals surface area contributed by atoms with Crippen LogP contribution in [-0.4, -0.2) is 27.3 Å². The predicted molar refractivity (Wildman–Crippen MR) is 123 cm³/mol. The van der Waals surface area contributed by atoms with Crippen LogP contribution in [0.2, 0.25) is 0 Å². The average molecular weight is 425 g/mol. The molecule has 7 nitrogen and oxygen atoms in total. The topological polar surface area (TPSA) is 92.8 Å². The fourth-order valence-corrected chi connectivity index (χ4v) is 3.65. The molecular formula is C25H23N5O2. The standard InChI is InChI=1S/C25H23N5O2/c1-15-8-9-21(18(4)10-15)32-14-23(31)29-25-19(12-26)13-27-30(25)22-11-17(3)20-7-5-6-16(2)24(20)28-22/h5-11,13H,14H2,1-4H3,(H,29,31). The van der Waals surface area contributed by atoms with Crippen molar-refractivity contribution < 1.29 is 9.53 Å². The maximum Gasteiger partial charge on any atom is 0.263 e. The number of para-hydroxylation sites is 1. The largest absolute Gasteiger partial charge is 0.483 e. The Morgan fingerprint density at radius 3 is 2.66 bits per heavy atom. The predicted octanol–water partition coefficient (Wildman–Crippen LogP) is 4.54. The van der Waals surface area contributed by atoms with Crippen LogP contribution in [0, 0.1) is 39.0 Å². The van der Waals surface area contributed by atoms with E-state index < -0.39 is 5.91 Å². The first-order valence-corrected chi connectivity index (χ1v) is 10.2. The maximum atomic E-state index is 12.6. The molecule has 0 bridgehead atoms. The molecule has 0 radical (unpaired) electrons. The number of carbonyl (C=O) groups excluding carboxylic acids is 1. The van der Waals surface area contributed by atoms with Crippen molar-refractivity contribution in [3.05, 3.63) is 76.5 Å². The lowest BCUT2D eigenvalue weighted by atomic mass is 10.1. The second-order valence-electron chi connectivity index (χ2n) is 7.80. The lowest BCUT2D eigenvalue weighted by molar-refractivity contribution is -0.118. The Balaban J connectivity index is 1.63. The zero-order chi connectivity index (χ0) is 22.8. The summed E-state index contributed by atoms with van der Waals surface area (Å²) in [6, 6.07) is 15.7. The second-order valence-corrected chi connectivity index (χ2v) is 7.80. The highest BCUT2D eigenvalue weighted by molar-refractivity contribution is 5.93. The molecule has 0 unspecified atom stereocenters. The number of carbonyl (C=O) groups is 1. The summed E-state index contributed by atoms with van der Waals surface area (Å²) in [4.78, 5) is 17.4. The van der Waals surface area contributed by atoms with Gasteiger partial charge in [0, 0.05) is 5.39 Å². The summed E-state index contributed by atoms with van der Waals surface area (Å²) < 4.78 is 7.15. The maximum absolute atomic E-state index is 12.6. The van der Waals surface area contributed by atoms with Gasteiger partial charge in [-0.25, -0.2) is 4.98 Å². The van der Waals surface area contributed by atoms with Gasteiger partial charge in [-0.05, 0) is 56.5 Å². The van der Waals surface area contributed by atoms with Gasteiger partial charge in [0.05, 0.1) is 11.7 Å². The van der Waals surface area contributed by atoms with Gasteiger partial charge in [0.1, 0.15) is 17.4 Å². The number of amides is 1. The number of aryl methyl sites for hydroxylation is 4. The van der Waals surface area contributed by atoms with Gasteiger partial charge in [0.2, 0.25) is 0 Å². The summed E-state index contributed by atoms with van der Waals surface area (Å²) in [5.41, 5.74) is 5.23. The van der Waals surface area contributed by atoms with Gasteiger partial charge >= 0.3 is 0 Å². The van der Waals surface area contributed by atoms with Crippen molar-refractivity contribution in [3.8, 4) is 17.6 Å². The molecule has 2 heterocycles. The van der Waals surface area contributed by atoms with E-state index in [0.29, 0.717) is 11.6 Å². The molecular weight excluding hydrogens is 402 g/mol. The molecule has 1 N–H and O–H groups in total. The van der Waals surface area contributed by atoms with Crippen LogP contribution in [0.4, 0.5) is 5.82 Å². The molecule has 0 spiro atoms. The van der Waals surface area contributed by atoms with Gasteiger partial charge in [-0.2, -0.15) is 15.0 Å². The van der Waals surface area contributed by atoms with Crippen molar-refractivity contribution in [2.45, 2.75) is 27.7 Å². The van der Waals surface area contributed by atoms with Crippen LogP contribution >= 0.6 is 0 Å². The number of nitriles is 1. The molecule has 2 aromatic heterocycles. The van der Waals surface area contributed by atoms with Gasteiger partial charge in [-0.1, -0.05) is 35.9 Å². The number of benzene rings is 2. The Morgan fingerprint density at radius 2 is 1.91 bits per heavy atom. The number of nitrogens with one attached hydrogen (secondary N) is 1. The normalized spacial score (nSPS) is 10.7. The van der Waals surface area contributed by atoms with Crippen LogP contribution in [-0.2, 0) is 4.79 Å². The zero-order valence-corrected chi connectivity index (χ0v) is 18.4. The van der Waals surface area contributed by atoms with E-state index in [-0.39, 0.29) is 18.0 Å². The third-order valence-electron chi connectivity index (χ3n) is 5.29. The third-order valence-corrected chi connectivity index (χ3v) is 5.29. The number of hydrogen-bond donors (Lipinski definition) is 1. The lowest BCUT2D eigenvalue weighted by Crippen LogP contribution is -2.23. The van der Waals surface area contributed by atoms with Gasteiger partial charge in [-0.15, -0.1) is 0 Å². The monoisotopic (exact) mass is 425 g/mol. The number of rotatable bonds is 5. The smallest absolute Gasteiger partial charge is 0.263 e. The second kappa shape index (κ2) is 8.52. The Morgan fingerprint density at radius 1 is 1.09 bits per heavy atom. The molecule has 0 fully saturated rings. The van der Waals surface area contributed by atoms with Crippen molar-refractivity contribution >= 4 is 22.6 Å². The molecule has 7 heteroatoms. The average Bonchev–Trinajstić information content (AvgIpc) is 3.16. The van der Waals surface area contributed by atoms with Crippen molar-refractivity contribution in [2.75, 3.05) is 11.9 Å². The highest BCUT2D eigenvalue weighted by Gasteiger charge is 2.18. The highest BCUT2D eigenvalue weighted by Crippen LogP contribution is 2.25. The van der Waals surface area contributed by atoms with E-state index in [1.54, 1.807) is 0 Å². The lowest BCUT2D eigenvalue weighted by Gasteiger charge is -2.13. The summed E-state index contributed by atoms with van der Waals surface area (Å²) >= 11 is 0. The molecule has 32 heavy (non-hydrogen) atoms. The first-order valence-electron chi connectivity index (χ1n) is 10.2. The number of fused-ring (bicyclic) bond motifs is 1. The molecule has 1 amide bonds. The minimum Gasteiger partial charge on any atom is -0.483 e. The summed E-state index contributed by atoms with van der Waals surface area (Å²) in [6.45, 7) is 7.73. The van der Waals surface area contributed by atoms with Crippen LogP contribution in [0.1, 0.15) is 27.8 Å². The summed E-state index contributed by atoms with van der Waals surface area (Å²) in [6.07, 6.45) is 1.42. The SMILES string of the molecule is Cc1ccc(OCC(=O)Nc2c(C#N)cnn2-c2cc(C)c3cccc(C)c3n2)c(C)c1. The fourth-order valence-electron chi connectivity index (χ4n) is 3.65. The molecule has 0 saturated heterocycles. The molecule has 0 atom stereocenters. The van der Waals surface area contributed by atoms with Crippen LogP contribution < -0.4 is 10.1 Å². The van der Waals surface area contributed by atoms with Crippen molar-refractivity contribution in [3.63, 3.8) is 0 Å². The molecule has 0 aliphatic rings. The van der Waals surface area contributed by atoms with Crippen LogP contribution in [0.15, 0.2) is 48.7 Å². The summed E-state index contributed by atoms with van der Waals surface area (Å²) in [7, 11) is 0. The quantitative estimate of drug-likeness (QED) is 0.507. The van der Waals surface area contributed by atoms with E-state index >= 15 is 0 Å². The molecule has 2 aromatic carbocycles. The Hall–Kier alpha value is -4.18. The van der Waals surface area contributed by atoms with Gasteiger partial charge < -0.3 is 10.1 Å². The van der Waals surface area contributed by atoms with E-state index in [2.05, 4.69) is 16.5 Å². The van der Waals surface area contributed by atoms with Crippen LogP contribution in [0.5, 0.6) is 5.75 Å². The van der Waals surface area contributed by atoms with Crippen molar-refractivity contribution in [1.82, 2.24) is 14.8 Å². The molecule has 0 aliphatic carbocycles. The molecule has 0 saturated carbocycles. The van der Waals surface area contributed by atoms with Crippen LogP contribution in [0.25, 0.3) is 16.7 Å². The van der Waals surface area contributed by atoms with Gasteiger partial charge in [0.25, 0.3) is 5.91 Å². The van der Waals surface area contributed by atoms with E-state index in [1.165, 1.54) is 10.9 Å². The molecule has 160 valence electrons. The Labute approximate surface area is 186 Å². The Bertz CT molecular complexity index is 1380. The number of ether oxygens (including phenoxy) is 1.